The summed E-state index contributed by atoms with van der Waals surface area (Å²) in [6, 6.07) is 1.68. The van der Waals surface area contributed by atoms with Crippen LogP contribution in [0.25, 0.3) is 0 Å². The molecule has 2 N–H and O–H groups in total. The van der Waals surface area contributed by atoms with Crippen molar-refractivity contribution in [3.8, 4) is 0 Å². The summed E-state index contributed by atoms with van der Waals surface area (Å²) < 4.78 is 26.8. The van der Waals surface area contributed by atoms with Crippen LogP contribution < -0.4 is 5.32 Å². The molecule has 0 bridgehead atoms. The maximum absolute atomic E-state index is 13.4. The van der Waals surface area contributed by atoms with E-state index < -0.39 is 23.2 Å². The number of nitrogens with one attached hydrogen (secondary N) is 1. The number of benzene rings is 1. The number of halogens is 3. The Morgan fingerprint density at radius 2 is 1.89 bits per heavy atom. The summed E-state index contributed by atoms with van der Waals surface area (Å²) in [7, 11) is 0. The number of aromatic carboxylic acids is 1. The lowest BCUT2D eigenvalue weighted by molar-refractivity contribution is 0.0686. The van der Waals surface area contributed by atoms with E-state index >= 15 is 0 Å². The van der Waals surface area contributed by atoms with E-state index in [1.165, 1.54) is 12.4 Å². The number of rotatable bonds is 3. The van der Waals surface area contributed by atoms with E-state index in [0.29, 0.717) is 0 Å². The Morgan fingerprint density at radius 1 is 1.26 bits per heavy atom. The van der Waals surface area contributed by atoms with Gasteiger partial charge < -0.3 is 10.4 Å². The van der Waals surface area contributed by atoms with Gasteiger partial charge in [0.25, 0.3) is 0 Å². The first-order chi connectivity index (χ1) is 8.97. The number of anilines is 2. The molecule has 0 unspecified atom stereocenters. The Morgan fingerprint density at radius 3 is 2.42 bits per heavy atom. The van der Waals surface area contributed by atoms with E-state index in [4.69, 9.17) is 16.7 Å². The molecule has 19 heavy (non-hydrogen) atoms. The molecule has 0 amide bonds. The lowest BCUT2D eigenvalue weighted by Gasteiger charge is -2.07. The summed E-state index contributed by atoms with van der Waals surface area (Å²) in [5.41, 5.74) is -1.01. The van der Waals surface area contributed by atoms with Crippen molar-refractivity contribution in [2.75, 3.05) is 5.32 Å². The summed E-state index contributed by atoms with van der Waals surface area (Å²) in [6.07, 6.45) is 2.59. The minimum Gasteiger partial charge on any atom is -0.477 e. The number of hydrogen-bond acceptors (Lipinski definition) is 4. The quantitative estimate of drug-likeness (QED) is 0.907. The monoisotopic (exact) mass is 285 g/mol. The van der Waals surface area contributed by atoms with Gasteiger partial charge in [-0.3, -0.25) is 4.98 Å². The molecule has 1 aromatic heterocycles. The van der Waals surface area contributed by atoms with Crippen molar-refractivity contribution in [1.29, 1.82) is 0 Å². The highest BCUT2D eigenvalue weighted by Crippen LogP contribution is 2.21. The smallest absolute Gasteiger partial charge is 0.341 e. The molecule has 0 radical (unpaired) electrons. The van der Waals surface area contributed by atoms with Gasteiger partial charge in [-0.05, 0) is 12.1 Å². The Bertz CT molecular complexity index is 629. The maximum Gasteiger partial charge on any atom is 0.341 e. The average Bonchev–Trinajstić information content (AvgIpc) is 2.27. The van der Waals surface area contributed by atoms with Gasteiger partial charge in [0, 0.05) is 5.69 Å². The van der Waals surface area contributed by atoms with Gasteiger partial charge in [-0.1, -0.05) is 11.6 Å². The number of aromatic nitrogens is 2. The second-order valence-corrected chi connectivity index (χ2v) is 3.86. The Labute approximate surface area is 110 Å². The first-order valence-electron chi connectivity index (χ1n) is 4.94. The zero-order chi connectivity index (χ0) is 14.0. The highest BCUT2D eigenvalue weighted by Gasteiger charge is 2.17. The molecule has 8 heteroatoms. The molecule has 0 aliphatic rings. The van der Waals surface area contributed by atoms with E-state index in [2.05, 4.69) is 15.3 Å². The van der Waals surface area contributed by atoms with Crippen molar-refractivity contribution in [2.24, 2.45) is 0 Å². The second-order valence-electron chi connectivity index (χ2n) is 3.47. The predicted octanol–water partition coefficient (Wildman–Crippen LogP) is 2.85. The number of carbonyl (C=O) groups is 1. The van der Waals surface area contributed by atoms with E-state index in [-0.39, 0.29) is 16.7 Å². The standard InChI is InChI=1S/C11H6ClF2N3O2/c12-8-3-15-4-9(17-8)16-5-1-6(13)10(11(18)19)7(14)2-5/h1-4H,(H,16,17)(H,18,19). The largest absolute Gasteiger partial charge is 0.477 e. The van der Waals surface area contributed by atoms with Crippen LogP contribution in [0.1, 0.15) is 10.4 Å². The molecule has 2 rings (SSSR count). The minimum atomic E-state index is -1.68. The van der Waals surface area contributed by atoms with Crippen LogP contribution in [-0.2, 0) is 0 Å². The van der Waals surface area contributed by atoms with Gasteiger partial charge in [-0.2, -0.15) is 0 Å². The molecule has 2 aromatic rings. The molecular weight excluding hydrogens is 280 g/mol. The Balaban J connectivity index is 2.35. The van der Waals surface area contributed by atoms with Crippen molar-refractivity contribution < 1.29 is 18.7 Å². The highest BCUT2D eigenvalue weighted by molar-refractivity contribution is 6.29. The zero-order valence-corrected chi connectivity index (χ0v) is 9.95. The van der Waals surface area contributed by atoms with Gasteiger partial charge >= 0.3 is 5.97 Å². The topological polar surface area (TPSA) is 75.1 Å². The highest BCUT2D eigenvalue weighted by atomic mass is 35.5. The first kappa shape index (κ1) is 13.2. The van der Waals surface area contributed by atoms with E-state index in [0.717, 1.165) is 12.1 Å². The van der Waals surface area contributed by atoms with Gasteiger partial charge in [0.2, 0.25) is 0 Å². The zero-order valence-electron chi connectivity index (χ0n) is 9.19. The number of carboxylic acid groups (broad SMARTS) is 1. The van der Waals surface area contributed by atoms with E-state index in [1.54, 1.807) is 0 Å². The fourth-order valence-corrected chi connectivity index (χ4v) is 1.55. The van der Waals surface area contributed by atoms with Crippen LogP contribution in [0, 0.1) is 11.6 Å². The third kappa shape index (κ3) is 2.94. The number of nitrogens with zero attached hydrogens (tertiary/aromatic N) is 2. The van der Waals surface area contributed by atoms with Crippen molar-refractivity contribution in [3.05, 3.63) is 46.9 Å². The summed E-state index contributed by atoms with van der Waals surface area (Å²) >= 11 is 5.60. The Kier molecular flexibility index (Phi) is 3.57. The maximum atomic E-state index is 13.4. The van der Waals surface area contributed by atoms with Crippen LogP contribution in [0.5, 0.6) is 0 Å². The molecule has 98 valence electrons. The van der Waals surface area contributed by atoms with E-state index in [9.17, 15) is 13.6 Å². The molecule has 1 aromatic carbocycles. The predicted molar refractivity (Wildman–Crippen MR) is 63.6 cm³/mol. The normalized spacial score (nSPS) is 10.3. The average molecular weight is 286 g/mol. The third-order valence-electron chi connectivity index (χ3n) is 2.13. The molecule has 0 fully saturated rings. The molecule has 0 atom stereocenters. The third-order valence-corrected chi connectivity index (χ3v) is 2.32. The fourth-order valence-electron chi connectivity index (χ4n) is 1.40. The summed E-state index contributed by atoms with van der Waals surface area (Å²) in [4.78, 5) is 18.2. The van der Waals surface area contributed by atoms with Crippen LogP contribution in [-0.4, -0.2) is 21.0 Å². The molecule has 5 nitrogen and oxygen atoms in total. The molecule has 0 saturated heterocycles. The van der Waals surface area contributed by atoms with E-state index in [1.807, 2.05) is 0 Å². The minimum absolute atomic E-state index is 0.00318. The molecule has 0 aliphatic carbocycles. The summed E-state index contributed by atoms with van der Waals surface area (Å²) in [6.45, 7) is 0. The number of carboxylic acids is 1. The van der Waals surface area contributed by atoms with Crippen molar-refractivity contribution in [2.45, 2.75) is 0 Å². The summed E-state index contributed by atoms with van der Waals surface area (Å²) in [5.74, 6) is -3.88. The van der Waals surface area contributed by atoms with Gasteiger partial charge in [0.1, 0.15) is 22.4 Å². The van der Waals surface area contributed by atoms with Gasteiger partial charge in [0.15, 0.2) is 5.82 Å². The van der Waals surface area contributed by atoms with Crippen molar-refractivity contribution in [1.82, 2.24) is 9.97 Å². The van der Waals surface area contributed by atoms with Crippen LogP contribution in [0.3, 0.4) is 0 Å². The van der Waals surface area contributed by atoms with Gasteiger partial charge in [-0.25, -0.2) is 18.6 Å². The molecule has 0 saturated carbocycles. The SMILES string of the molecule is O=C(O)c1c(F)cc(Nc2cncc(Cl)n2)cc1F. The fraction of sp³-hybridized carbons (Fsp3) is 0. The van der Waals surface area contributed by atoms with Crippen LogP contribution in [0.4, 0.5) is 20.3 Å². The first-order valence-corrected chi connectivity index (χ1v) is 5.32. The molecule has 0 spiro atoms. The molecular formula is C11H6ClF2N3O2. The number of hydrogen-bond donors (Lipinski definition) is 2. The molecule has 1 heterocycles. The molecule has 0 aliphatic heterocycles. The van der Waals surface area contributed by atoms with Crippen molar-refractivity contribution >= 4 is 29.1 Å². The van der Waals surface area contributed by atoms with Gasteiger partial charge in [-0.15, -0.1) is 0 Å². The van der Waals surface area contributed by atoms with Crippen molar-refractivity contribution in [3.63, 3.8) is 0 Å². The lowest BCUT2D eigenvalue weighted by atomic mass is 10.2. The second kappa shape index (κ2) is 5.15. The Hall–Kier alpha value is -2.28. The lowest BCUT2D eigenvalue weighted by Crippen LogP contribution is -2.06. The van der Waals surface area contributed by atoms with Crippen LogP contribution in [0.2, 0.25) is 5.15 Å². The van der Waals surface area contributed by atoms with Crippen LogP contribution >= 0.6 is 11.6 Å². The van der Waals surface area contributed by atoms with Crippen LogP contribution in [0.15, 0.2) is 24.5 Å². The van der Waals surface area contributed by atoms with Gasteiger partial charge in [0.05, 0.1) is 12.4 Å². The summed E-state index contributed by atoms with van der Waals surface area (Å²) in [5, 5.41) is 11.3.